The number of aliphatic hydroxyl groups is 3. The number of carboxylic acids is 2. The number of aromatic hydroxyl groups is 2. The van der Waals surface area contributed by atoms with E-state index in [1.807, 2.05) is 0 Å². The standard InChI is InChI=1S/C53H80N16O18/c1-26(71)41(67-43(78)32(54)6-3-19-59-52(55)56)49(84)65-36(23-29-11-15-31(74)16-12-29)50(85)69-21-5-8-38(69)47(82)66-37(25-70)46(81)63-33(17-18-40(76)77)44(79)61-24-39(75)62-35(22-28-9-13-30(73)14-10-28)45(80)68-42(27(2)72)48(83)64-34(51(86)87)7-4-20-60-53(57)58/h9-16,26-27,32-38,41-42,70-74H,3-8,17-25,54H2,1-2H3,(H,61,79)(H,62,75)(H,63,81)(H,64,83)(H,65,84)(H,66,82)(H,67,78)(H,68,80)(H,76,77)(H,86,87)(H4,55,56,59)(H4,57,58,60)/t26-,27-,32+,33+,34+,35+,36+,37+,38+,41+,42+/m1/s1. The van der Waals surface area contributed by atoms with Crippen molar-refractivity contribution < 1.29 is 88.5 Å². The van der Waals surface area contributed by atoms with E-state index in [9.17, 15) is 88.5 Å². The summed E-state index contributed by atoms with van der Waals surface area (Å²) < 4.78 is 0. The number of nitrogens with two attached hydrogens (primary N) is 5. The summed E-state index contributed by atoms with van der Waals surface area (Å²) in [5.74, 6) is -12.9. The van der Waals surface area contributed by atoms with Gasteiger partial charge in [0.1, 0.15) is 59.8 Å². The first kappa shape index (κ1) is 71.9. The summed E-state index contributed by atoms with van der Waals surface area (Å²) in [6.07, 6.45) is -4.53. The number of aliphatic carboxylic acids is 2. The van der Waals surface area contributed by atoms with Crippen molar-refractivity contribution in [3.8, 4) is 11.5 Å². The maximum Gasteiger partial charge on any atom is 0.326 e. The maximum atomic E-state index is 14.5. The van der Waals surface area contributed by atoms with E-state index >= 15 is 0 Å². The van der Waals surface area contributed by atoms with Crippen LogP contribution < -0.4 is 71.2 Å². The molecule has 25 N–H and O–H groups in total. The SMILES string of the molecule is C[C@@H](O)[C@H](NC(=O)[C@H](Cc1ccc(O)cc1)NC(=O)CNC(=O)[C@H](CCC(=O)O)NC(=O)[C@H](CO)NC(=O)[C@@H]1CCCN1C(=O)[C@H](Cc1ccc(O)cc1)NC(=O)[C@@H](NC(=O)[C@@H](N)CCCN=C(N)N)[C@@H](C)O)C(=O)N[C@@H](CCCN=C(N)N)C(=O)O. The van der Waals surface area contributed by atoms with Gasteiger partial charge in [0, 0.05) is 38.9 Å². The predicted molar refractivity (Wildman–Crippen MR) is 308 cm³/mol. The normalized spacial score (nSPS) is 16.2. The van der Waals surface area contributed by atoms with Crippen LogP contribution in [0.4, 0.5) is 0 Å². The van der Waals surface area contributed by atoms with E-state index in [2.05, 4.69) is 52.5 Å². The van der Waals surface area contributed by atoms with E-state index in [4.69, 9.17) is 28.7 Å². The minimum absolute atomic E-state index is 0.00113. The number of aliphatic hydroxyl groups excluding tert-OH is 3. The quantitative estimate of drug-likeness (QED) is 0.0171. The Morgan fingerprint density at radius 2 is 1.07 bits per heavy atom. The average molecular weight is 1230 g/mol. The highest BCUT2D eigenvalue weighted by atomic mass is 16.4. The van der Waals surface area contributed by atoms with Gasteiger partial charge >= 0.3 is 11.9 Å². The summed E-state index contributed by atoms with van der Waals surface area (Å²) in [7, 11) is 0. The highest BCUT2D eigenvalue weighted by Crippen LogP contribution is 2.21. The van der Waals surface area contributed by atoms with E-state index in [-0.39, 0.29) is 94.4 Å². The molecule has 2 aromatic rings. The fourth-order valence-corrected chi connectivity index (χ4v) is 8.71. The molecule has 87 heavy (non-hydrogen) atoms. The second kappa shape index (κ2) is 35.8. The smallest absolute Gasteiger partial charge is 0.326 e. The summed E-state index contributed by atoms with van der Waals surface area (Å²) in [5.41, 5.74) is 28.0. The molecule has 0 spiro atoms. The van der Waals surface area contributed by atoms with Gasteiger partial charge in [0.25, 0.3) is 0 Å². The minimum atomic E-state index is -1.85. The van der Waals surface area contributed by atoms with Crippen molar-refractivity contribution in [2.45, 2.75) is 145 Å². The molecule has 0 radical (unpaired) electrons. The van der Waals surface area contributed by atoms with Crippen LogP contribution in [0.5, 0.6) is 11.5 Å². The van der Waals surface area contributed by atoms with Gasteiger partial charge in [0.15, 0.2) is 11.9 Å². The van der Waals surface area contributed by atoms with Gasteiger partial charge in [0.2, 0.25) is 53.2 Å². The lowest BCUT2D eigenvalue weighted by Gasteiger charge is -2.31. The largest absolute Gasteiger partial charge is 0.508 e. The zero-order valence-corrected chi connectivity index (χ0v) is 47.9. The van der Waals surface area contributed by atoms with Gasteiger partial charge in [-0.25, -0.2) is 4.79 Å². The summed E-state index contributed by atoms with van der Waals surface area (Å²) in [6, 6.07) is -3.27. The monoisotopic (exact) mass is 1230 g/mol. The third-order valence-electron chi connectivity index (χ3n) is 13.4. The molecule has 1 saturated heterocycles. The summed E-state index contributed by atoms with van der Waals surface area (Å²) >= 11 is 0. The van der Waals surface area contributed by atoms with E-state index in [0.29, 0.717) is 11.1 Å². The number of nitrogens with one attached hydrogen (secondary N) is 8. The maximum absolute atomic E-state index is 14.5. The van der Waals surface area contributed by atoms with Crippen molar-refractivity contribution in [2.24, 2.45) is 38.7 Å². The number of likely N-dealkylation sites (tertiary alicyclic amines) is 1. The molecule has 0 bridgehead atoms. The lowest BCUT2D eigenvalue weighted by Crippen LogP contribution is -2.61. The molecule has 1 heterocycles. The molecule has 2 aromatic carbocycles. The van der Waals surface area contributed by atoms with Crippen molar-refractivity contribution in [2.75, 3.05) is 32.8 Å². The minimum Gasteiger partial charge on any atom is -0.508 e. The van der Waals surface area contributed by atoms with Crippen LogP contribution in [-0.4, -0.2) is 217 Å². The van der Waals surface area contributed by atoms with E-state index < -0.39 is 158 Å². The zero-order chi connectivity index (χ0) is 65.1. The van der Waals surface area contributed by atoms with Crippen molar-refractivity contribution in [3.63, 3.8) is 0 Å². The van der Waals surface area contributed by atoms with Crippen LogP contribution in [0, 0.1) is 0 Å². The number of rotatable bonds is 36. The molecule has 0 aliphatic carbocycles. The Morgan fingerprint density at radius 3 is 1.56 bits per heavy atom. The van der Waals surface area contributed by atoms with E-state index in [0.717, 1.165) is 11.8 Å². The van der Waals surface area contributed by atoms with Crippen LogP contribution in [0.3, 0.4) is 0 Å². The second-order valence-electron chi connectivity index (χ2n) is 20.4. The molecule has 0 saturated carbocycles. The number of guanidine groups is 2. The number of carboxylic acid groups (broad SMARTS) is 2. The van der Waals surface area contributed by atoms with Gasteiger partial charge in [0.05, 0.1) is 31.4 Å². The van der Waals surface area contributed by atoms with Crippen molar-refractivity contribution in [3.05, 3.63) is 59.7 Å². The number of hydrogen-bond acceptors (Lipinski definition) is 19. The molecule has 11 atom stereocenters. The topological polar surface area (TPSA) is 584 Å². The van der Waals surface area contributed by atoms with Gasteiger partial charge in [-0.05, 0) is 94.2 Å². The number of carbonyl (C=O) groups is 11. The molecule has 3 rings (SSSR count). The highest BCUT2D eigenvalue weighted by Gasteiger charge is 2.41. The van der Waals surface area contributed by atoms with Crippen LogP contribution in [0.25, 0.3) is 0 Å². The molecule has 480 valence electrons. The Labute approximate surface area is 498 Å². The number of phenols is 2. The molecule has 0 aromatic heterocycles. The number of amides is 9. The van der Waals surface area contributed by atoms with Crippen LogP contribution in [-0.2, 0) is 65.6 Å². The second-order valence-corrected chi connectivity index (χ2v) is 20.4. The Balaban J connectivity index is 1.78. The first-order valence-electron chi connectivity index (χ1n) is 27.5. The Morgan fingerprint density at radius 1 is 0.586 bits per heavy atom. The molecule has 0 unspecified atom stereocenters. The van der Waals surface area contributed by atoms with Gasteiger partial charge < -0.3 is 112 Å². The average Bonchev–Trinajstić information content (AvgIpc) is 3.94. The van der Waals surface area contributed by atoms with Crippen LogP contribution >= 0.6 is 0 Å². The number of aliphatic imine (C=N–C) groups is 2. The van der Waals surface area contributed by atoms with Gasteiger partial charge in [-0.1, -0.05) is 24.3 Å². The van der Waals surface area contributed by atoms with Crippen molar-refractivity contribution in [1.29, 1.82) is 0 Å². The number of phenolic OH excluding ortho intramolecular Hbond substituents is 2. The van der Waals surface area contributed by atoms with Gasteiger partial charge in [-0.15, -0.1) is 0 Å². The molecule has 1 aliphatic rings. The lowest BCUT2D eigenvalue weighted by molar-refractivity contribution is -0.143. The number of benzene rings is 2. The Kier molecular flexibility index (Phi) is 29.6. The molecular formula is C53H80N16O18. The Hall–Kier alpha value is -9.41. The van der Waals surface area contributed by atoms with Crippen molar-refractivity contribution in [1.82, 2.24) is 47.4 Å². The third kappa shape index (κ3) is 25.0. The van der Waals surface area contributed by atoms with Gasteiger partial charge in [-0.2, -0.15) is 0 Å². The third-order valence-corrected chi connectivity index (χ3v) is 13.4. The highest BCUT2D eigenvalue weighted by molar-refractivity contribution is 5.98. The molecule has 34 heteroatoms. The van der Waals surface area contributed by atoms with E-state index in [1.165, 1.54) is 55.5 Å². The fraction of sp³-hybridized carbons (Fsp3) is 0.528. The summed E-state index contributed by atoms with van der Waals surface area (Å²) in [5, 5.41) is 89.1. The predicted octanol–water partition coefficient (Wildman–Crippen LogP) is -7.48. The first-order valence-corrected chi connectivity index (χ1v) is 27.5. The molecule has 34 nitrogen and oxygen atoms in total. The summed E-state index contributed by atoms with van der Waals surface area (Å²) in [6.45, 7) is 0.396. The van der Waals surface area contributed by atoms with E-state index in [1.54, 1.807) is 0 Å². The van der Waals surface area contributed by atoms with Crippen LogP contribution in [0.1, 0.15) is 76.3 Å². The molecular weight excluding hydrogens is 1150 g/mol. The molecule has 1 fully saturated rings. The zero-order valence-electron chi connectivity index (χ0n) is 47.9. The molecule has 9 amide bonds. The first-order chi connectivity index (χ1) is 41.0. The Bertz CT molecular complexity index is 2760. The fourth-order valence-electron chi connectivity index (χ4n) is 8.71. The van der Waals surface area contributed by atoms with Crippen LogP contribution in [0.15, 0.2) is 58.5 Å². The molecule has 1 aliphatic heterocycles. The number of nitrogens with zero attached hydrogens (tertiary/aromatic N) is 3. The summed E-state index contributed by atoms with van der Waals surface area (Å²) in [4.78, 5) is 156. The van der Waals surface area contributed by atoms with Crippen molar-refractivity contribution >= 4 is 77.0 Å². The van der Waals surface area contributed by atoms with Gasteiger partial charge in [-0.3, -0.25) is 57.9 Å². The number of carbonyl (C=O) groups excluding carboxylic acids is 9. The van der Waals surface area contributed by atoms with Crippen LogP contribution in [0.2, 0.25) is 0 Å². The lowest BCUT2D eigenvalue weighted by atomic mass is 10.0. The number of hydrogen-bond donors (Lipinski definition) is 20.